The normalized spacial score (nSPS) is 13.9. The number of aryl methyl sites for hydroxylation is 1. The molecule has 0 atom stereocenters. The highest BCUT2D eigenvalue weighted by Crippen LogP contribution is 2.28. The van der Waals surface area contributed by atoms with Crippen molar-refractivity contribution in [3.8, 4) is 11.3 Å². The Morgan fingerprint density at radius 3 is 3.00 bits per heavy atom. The topological polar surface area (TPSA) is 39.1 Å². The fraction of sp³-hybridized carbons (Fsp3) is 0.357. The molecule has 0 saturated heterocycles. The van der Waals surface area contributed by atoms with Crippen molar-refractivity contribution in [2.75, 3.05) is 7.05 Å². The van der Waals surface area contributed by atoms with Crippen molar-refractivity contribution in [1.29, 1.82) is 0 Å². The van der Waals surface area contributed by atoms with E-state index in [1.165, 1.54) is 22.3 Å². The van der Waals surface area contributed by atoms with Gasteiger partial charge >= 0.3 is 0 Å². The van der Waals surface area contributed by atoms with E-state index in [0.717, 1.165) is 25.5 Å². The van der Waals surface area contributed by atoms with Crippen LogP contribution in [0.1, 0.15) is 16.7 Å². The van der Waals surface area contributed by atoms with E-state index in [9.17, 15) is 0 Å². The van der Waals surface area contributed by atoms with Crippen LogP contribution in [0.15, 0.2) is 24.4 Å². The number of ether oxygens (including phenoxy) is 1. The van der Waals surface area contributed by atoms with E-state index < -0.39 is 0 Å². The quantitative estimate of drug-likeness (QED) is 0.894. The fourth-order valence-electron chi connectivity index (χ4n) is 2.42. The van der Waals surface area contributed by atoms with Crippen molar-refractivity contribution in [3.63, 3.8) is 0 Å². The zero-order valence-corrected chi connectivity index (χ0v) is 10.7. The molecule has 94 valence electrons. The summed E-state index contributed by atoms with van der Waals surface area (Å²) in [6.45, 7) is 2.29. The highest BCUT2D eigenvalue weighted by atomic mass is 16.5. The van der Waals surface area contributed by atoms with Gasteiger partial charge < -0.3 is 10.1 Å². The van der Waals surface area contributed by atoms with Crippen molar-refractivity contribution in [2.45, 2.75) is 19.8 Å². The molecule has 1 aromatic carbocycles. The van der Waals surface area contributed by atoms with Crippen LogP contribution in [0.5, 0.6) is 0 Å². The summed E-state index contributed by atoms with van der Waals surface area (Å²) in [6.07, 6.45) is 2.07. The lowest BCUT2D eigenvalue weighted by atomic mass is 10.0. The Morgan fingerprint density at radius 1 is 1.33 bits per heavy atom. The Labute approximate surface area is 107 Å². The standard InChI is InChI=1S/C14H17N3O/c1-15-6-13-7-17(2)16-14(13)10-3-4-11-8-18-9-12(11)5-10/h3-5,7,15H,6,8-9H2,1-2H3. The minimum Gasteiger partial charge on any atom is -0.372 e. The SMILES string of the molecule is CNCc1cn(C)nc1-c1ccc2c(c1)COC2. The van der Waals surface area contributed by atoms with Gasteiger partial charge in [-0.25, -0.2) is 0 Å². The van der Waals surface area contributed by atoms with E-state index in [1.54, 1.807) is 0 Å². The van der Waals surface area contributed by atoms with Crippen LogP contribution >= 0.6 is 0 Å². The smallest absolute Gasteiger partial charge is 0.0968 e. The van der Waals surface area contributed by atoms with Crippen LogP contribution < -0.4 is 5.32 Å². The zero-order valence-electron chi connectivity index (χ0n) is 10.7. The average Bonchev–Trinajstić information content (AvgIpc) is 2.95. The fourth-order valence-corrected chi connectivity index (χ4v) is 2.42. The molecule has 0 spiro atoms. The second-order valence-electron chi connectivity index (χ2n) is 4.68. The average molecular weight is 243 g/mol. The zero-order chi connectivity index (χ0) is 12.5. The molecule has 3 rings (SSSR count). The maximum absolute atomic E-state index is 5.45. The molecule has 1 aliphatic heterocycles. The summed E-state index contributed by atoms with van der Waals surface area (Å²) in [4.78, 5) is 0. The second-order valence-corrected chi connectivity index (χ2v) is 4.68. The van der Waals surface area contributed by atoms with E-state index >= 15 is 0 Å². The van der Waals surface area contributed by atoms with Gasteiger partial charge in [0, 0.05) is 30.9 Å². The Balaban J connectivity index is 2.03. The highest BCUT2D eigenvalue weighted by Gasteiger charge is 2.15. The third kappa shape index (κ3) is 1.94. The van der Waals surface area contributed by atoms with Gasteiger partial charge in [-0.3, -0.25) is 4.68 Å². The lowest BCUT2D eigenvalue weighted by Gasteiger charge is -2.04. The third-order valence-electron chi connectivity index (χ3n) is 3.27. The molecule has 2 heterocycles. The van der Waals surface area contributed by atoms with E-state index in [2.05, 4.69) is 34.8 Å². The van der Waals surface area contributed by atoms with Gasteiger partial charge in [0.05, 0.1) is 18.9 Å². The molecule has 1 aromatic heterocycles. The molecule has 0 unspecified atom stereocenters. The number of hydrogen-bond donors (Lipinski definition) is 1. The lowest BCUT2D eigenvalue weighted by Crippen LogP contribution is -2.05. The van der Waals surface area contributed by atoms with Gasteiger partial charge in [-0.2, -0.15) is 5.10 Å². The molecule has 0 radical (unpaired) electrons. The van der Waals surface area contributed by atoms with Crippen LogP contribution in [0.25, 0.3) is 11.3 Å². The van der Waals surface area contributed by atoms with E-state index in [-0.39, 0.29) is 0 Å². The summed E-state index contributed by atoms with van der Waals surface area (Å²) >= 11 is 0. The summed E-state index contributed by atoms with van der Waals surface area (Å²) in [5.41, 5.74) is 6.03. The molecule has 2 aromatic rings. The Morgan fingerprint density at radius 2 is 2.17 bits per heavy atom. The number of aromatic nitrogens is 2. The molecule has 1 aliphatic rings. The number of rotatable bonds is 3. The molecule has 0 saturated carbocycles. The van der Waals surface area contributed by atoms with Gasteiger partial charge in [0.15, 0.2) is 0 Å². The lowest BCUT2D eigenvalue weighted by molar-refractivity contribution is 0.134. The predicted octanol–water partition coefficient (Wildman–Crippen LogP) is 1.84. The third-order valence-corrected chi connectivity index (χ3v) is 3.27. The van der Waals surface area contributed by atoms with Crippen LogP contribution in [0.3, 0.4) is 0 Å². The van der Waals surface area contributed by atoms with E-state index in [4.69, 9.17) is 4.74 Å². The van der Waals surface area contributed by atoms with E-state index in [1.807, 2.05) is 18.8 Å². The van der Waals surface area contributed by atoms with Crippen molar-refractivity contribution in [3.05, 3.63) is 41.1 Å². The summed E-state index contributed by atoms with van der Waals surface area (Å²) in [5, 5.41) is 7.74. The van der Waals surface area contributed by atoms with Crippen LogP contribution in [0, 0.1) is 0 Å². The van der Waals surface area contributed by atoms with Gasteiger partial charge in [-0.05, 0) is 24.2 Å². The molecule has 18 heavy (non-hydrogen) atoms. The molecular weight excluding hydrogens is 226 g/mol. The number of hydrogen-bond acceptors (Lipinski definition) is 3. The van der Waals surface area contributed by atoms with Crippen molar-refractivity contribution in [1.82, 2.24) is 15.1 Å². The summed E-state index contributed by atoms with van der Waals surface area (Å²) < 4.78 is 7.32. The molecule has 1 N–H and O–H groups in total. The van der Waals surface area contributed by atoms with Crippen LogP contribution in [0.4, 0.5) is 0 Å². The van der Waals surface area contributed by atoms with Crippen LogP contribution in [-0.4, -0.2) is 16.8 Å². The van der Waals surface area contributed by atoms with Gasteiger partial charge in [-0.15, -0.1) is 0 Å². The Kier molecular flexibility index (Phi) is 2.89. The Hall–Kier alpha value is -1.65. The monoisotopic (exact) mass is 243 g/mol. The first-order chi connectivity index (χ1) is 8.78. The van der Waals surface area contributed by atoms with Gasteiger partial charge in [-0.1, -0.05) is 12.1 Å². The van der Waals surface area contributed by atoms with Gasteiger partial charge in [0.25, 0.3) is 0 Å². The molecule has 0 amide bonds. The molecule has 0 fully saturated rings. The number of nitrogens with zero attached hydrogens (tertiary/aromatic N) is 2. The first kappa shape index (κ1) is 11.4. The summed E-state index contributed by atoms with van der Waals surface area (Å²) in [5.74, 6) is 0. The predicted molar refractivity (Wildman–Crippen MR) is 69.9 cm³/mol. The molecule has 0 aliphatic carbocycles. The molecular formula is C14H17N3O. The first-order valence-electron chi connectivity index (χ1n) is 6.15. The van der Waals surface area contributed by atoms with Crippen molar-refractivity contribution >= 4 is 0 Å². The van der Waals surface area contributed by atoms with Crippen molar-refractivity contribution < 1.29 is 4.74 Å². The van der Waals surface area contributed by atoms with Crippen molar-refractivity contribution in [2.24, 2.45) is 7.05 Å². The molecule has 0 bridgehead atoms. The minimum absolute atomic E-state index is 0.720. The largest absolute Gasteiger partial charge is 0.372 e. The Bertz CT molecular complexity index is 574. The molecule has 4 nitrogen and oxygen atoms in total. The van der Waals surface area contributed by atoms with Crippen LogP contribution in [0.2, 0.25) is 0 Å². The van der Waals surface area contributed by atoms with Gasteiger partial charge in [0.1, 0.15) is 0 Å². The number of benzene rings is 1. The number of fused-ring (bicyclic) bond motifs is 1. The minimum atomic E-state index is 0.720. The van der Waals surface area contributed by atoms with E-state index in [0.29, 0.717) is 0 Å². The second kappa shape index (κ2) is 4.55. The summed E-state index contributed by atoms with van der Waals surface area (Å²) in [7, 11) is 3.91. The maximum atomic E-state index is 5.45. The summed E-state index contributed by atoms with van der Waals surface area (Å²) in [6, 6.07) is 6.48. The van der Waals surface area contributed by atoms with Gasteiger partial charge in [0.2, 0.25) is 0 Å². The molecule has 4 heteroatoms. The van der Waals surface area contributed by atoms with Crippen LogP contribution in [-0.2, 0) is 31.5 Å². The number of nitrogens with one attached hydrogen (secondary N) is 1. The maximum Gasteiger partial charge on any atom is 0.0968 e. The highest BCUT2D eigenvalue weighted by molar-refractivity contribution is 5.64. The first-order valence-corrected chi connectivity index (χ1v) is 6.15.